The largest absolute Gasteiger partial charge is 0.500 e. The fourth-order valence-corrected chi connectivity index (χ4v) is 4.12. The van der Waals surface area contributed by atoms with Gasteiger partial charge in [-0.3, -0.25) is 4.79 Å². The van der Waals surface area contributed by atoms with E-state index in [1.807, 2.05) is 0 Å². The topological polar surface area (TPSA) is 54.0 Å². The van der Waals surface area contributed by atoms with Crippen molar-refractivity contribution in [3.63, 3.8) is 0 Å². The summed E-state index contributed by atoms with van der Waals surface area (Å²) in [5, 5.41) is 0. The monoisotopic (exact) mass is 324 g/mol. The minimum absolute atomic E-state index is 0.273. The van der Waals surface area contributed by atoms with Crippen molar-refractivity contribution >= 4 is 27.4 Å². The van der Waals surface area contributed by atoms with Crippen LogP contribution < -0.4 is 0 Å². The Balaban J connectivity index is 3.55. The molecule has 0 N–H and O–H groups in total. The Morgan fingerprint density at radius 3 is 2.00 bits per heavy atom. The van der Waals surface area contributed by atoms with Gasteiger partial charge in [0.15, 0.2) is 0 Å². The molecule has 1 atom stereocenters. The molecule has 0 saturated heterocycles. The van der Waals surface area contributed by atoms with E-state index in [9.17, 15) is 4.79 Å². The second-order valence-electron chi connectivity index (χ2n) is 4.67. The lowest BCUT2D eigenvalue weighted by atomic mass is 10.1. The van der Waals surface area contributed by atoms with Crippen LogP contribution >= 0.6 is 12.6 Å². The quantitative estimate of drug-likeness (QED) is 0.197. The maximum Gasteiger partial charge on any atom is 0.500 e. The average molecular weight is 325 g/mol. The van der Waals surface area contributed by atoms with Crippen LogP contribution in [0.4, 0.5) is 0 Å². The van der Waals surface area contributed by atoms with Gasteiger partial charge >= 0.3 is 14.8 Å². The summed E-state index contributed by atoms with van der Waals surface area (Å²) < 4.78 is 21.1. The van der Waals surface area contributed by atoms with Crippen molar-refractivity contribution < 1.29 is 22.8 Å². The highest BCUT2D eigenvalue weighted by atomic mass is 32.1. The molecule has 0 aromatic heterocycles. The summed E-state index contributed by atoms with van der Waals surface area (Å²) >= 11 is 4.20. The first-order valence-corrected chi connectivity index (χ1v) is 9.45. The van der Waals surface area contributed by atoms with Crippen LogP contribution in [0.5, 0.6) is 0 Å². The molecule has 0 aromatic rings. The van der Waals surface area contributed by atoms with Gasteiger partial charge in [-0.15, -0.1) is 12.6 Å². The molecule has 0 bridgehead atoms. The van der Waals surface area contributed by atoms with Gasteiger partial charge in [-0.05, 0) is 19.3 Å². The molecule has 7 heteroatoms. The normalized spacial score (nSPS) is 13.2. The van der Waals surface area contributed by atoms with Gasteiger partial charge in [0.2, 0.25) is 0 Å². The Hall–Kier alpha value is -0.0831. The van der Waals surface area contributed by atoms with E-state index in [4.69, 9.17) is 18.0 Å². The molecule has 0 aromatic carbocycles. The lowest BCUT2D eigenvalue weighted by molar-refractivity contribution is -0.142. The zero-order valence-electron chi connectivity index (χ0n) is 13.0. The van der Waals surface area contributed by atoms with Crippen molar-refractivity contribution in [2.24, 2.45) is 0 Å². The third-order valence-corrected chi connectivity index (χ3v) is 6.36. The molecule has 0 aliphatic carbocycles. The summed E-state index contributed by atoms with van der Waals surface area (Å²) in [5.74, 6) is -0.273. The van der Waals surface area contributed by atoms with Crippen LogP contribution in [0.25, 0.3) is 0 Å². The number of rotatable bonds is 12. The molecular formula is C13H28O5SSi. The fraction of sp³-hybridized carbons (Fsp3) is 0.923. The van der Waals surface area contributed by atoms with Gasteiger partial charge in [0.05, 0.1) is 0 Å². The zero-order valence-corrected chi connectivity index (χ0v) is 14.9. The lowest BCUT2D eigenvalue weighted by Crippen LogP contribution is -2.42. The molecule has 0 spiro atoms. The van der Waals surface area contributed by atoms with Crippen LogP contribution in [-0.4, -0.2) is 41.5 Å². The Labute approximate surface area is 129 Å². The first kappa shape index (κ1) is 19.9. The highest BCUT2D eigenvalue weighted by Crippen LogP contribution is 2.18. The number of thiol groups is 1. The number of unbranched alkanes of at least 4 members (excludes halogenated alkanes) is 4. The highest BCUT2D eigenvalue weighted by molar-refractivity contribution is 7.80. The molecule has 120 valence electrons. The van der Waals surface area contributed by atoms with E-state index in [1.54, 1.807) is 21.3 Å². The van der Waals surface area contributed by atoms with E-state index < -0.39 is 8.80 Å². The van der Waals surface area contributed by atoms with Crippen LogP contribution in [0.1, 0.15) is 45.4 Å². The average Bonchev–Trinajstić information content (AvgIpc) is 2.42. The highest BCUT2D eigenvalue weighted by Gasteiger charge is 2.36. The number of carbonyl (C=O) groups excluding carboxylic acids is 1. The Morgan fingerprint density at radius 2 is 1.50 bits per heavy atom. The molecule has 0 amide bonds. The summed E-state index contributed by atoms with van der Waals surface area (Å²) in [6, 6.07) is 0.846. The predicted octanol–water partition coefficient (Wildman–Crippen LogP) is 3.02. The minimum Gasteiger partial charge on any atom is -0.452 e. The lowest BCUT2D eigenvalue weighted by Gasteiger charge is -2.24. The van der Waals surface area contributed by atoms with E-state index >= 15 is 0 Å². The molecule has 0 radical (unpaired) electrons. The van der Waals surface area contributed by atoms with Crippen molar-refractivity contribution in [1.82, 2.24) is 0 Å². The van der Waals surface area contributed by atoms with Gasteiger partial charge in [0.1, 0.15) is 5.44 Å². The molecule has 5 nitrogen and oxygen atoms in total. The van der Waals surface area contributed by atoms with Crippen molar-refractivity contribution in [3.05, 3.63) is 0 Å². The smallest absolute Gasteiger partial charge is 0.452 e. The van der Waals surface area contributed by atoms with Crippen molar-refractivity contribution in [2.45, 2.75) is 56.9 Å². The molecule has 20 heavy (non-hydrogen) atoms. The molecule has 0 aliphatic rings. The second kappa shape index (κ2) is 11.6. The first-order chi connectivity index (χ1) is 9.49. The van der Waals surface area contributed by atoms with Gasteiger partial charge in [-0.1, -0.05) is 19.3 Å². The van der Waals surface area contributed by atoms with Crippen molar-refractivity contribution in [1.29, 1.82) is 0 Å². The Morgan fingerprint density at radius 1 is 1.00 bits per heavy atom. The maximum absolute atomic E-state index is 10.7. The SMILES string of the molecule is CO[Si](CCCCCCCC(S)OC(C)=O)(OC)OC. The number of ether oxygens (including phenoxy) is 1. The van der Waals surface area contributed by atoms with Crippen LogP contribution in [-0.2, 0) is 22.8 Å². The molecule has 0 aliphatic heterocycles. The Bertz CT molecular complexity index is 253. The summed E-state index contributed by atoms with van der Waals surface area (Å²) in [6.07, 6.45) is 6.23. The Kier molecular flexibility index (Phi) is 11.5. The fourth-order valence-electron chi connectivity index (χ4n) is 2.00. The van der Waals surface area contributed by atoms with Crippen LogP contribution in [0.15, 0.2) is 0 Å². The van der Waals surface area contributed by atoms with E-state index in [-0.39, 0.29) is 11.4 Å². The number of hydrogen-bond acceptors (Lipinski definition) is 6. The first-order valence-electron chi connectivity index (χ1n) is 7.00. The summed E-state index contributed by atoms with van der Waals surface area (Å²) in [6.45, 7) is 1.40. The second-order valence-corrected chi connectivity index (χ2v) is 8.33. The molecule has 0 heterocycles. The molecule has 0 fully saturated rings. The third-order valence-electron chi connectivity index (χ3n) is 3.17. The number of carbonyl (C=O) groups is 1. The molecular weight excluding hydrogens is 296 g/mol. The summed E-state index contributed by atoms with van der Waals surface area (Å²) in [7, 11) is 2.53. The van der Waals surface area contributed by atoms with Gasteiger partial charge in [0, 0.05) is 34.3 Å². The van der Waals surface area contributed by atoms with Crippen LogP contribution in [0, 0.1) is 0 Å². The maximum atomic E-state index is 10.7. The van der Waals surface area contributed by atoms with Gasteiger partial charge in [-0.2, -0.15) is 0 Å². The van der Waals surface area contributed by atoms with E-state index in [2.05, 4.69) is 12.6 Å². The molecule has 0 saturated carbocycles. The molecule has 1 unspecified atom stereocenters. The van der Waals surface area contributed by atoms with E-state index in [1.165, 1.54) is 6.92 Å². The van der Waals surface area contributed by atoms with Crippen LogP contribution in [0.3, 0.4) is 0 Å². The van der Waals surface area contributed by atoms with Gasteiger partial charge in [0.25, 0.3) is 0 Å². The summed E-state index contributed by atoms with van der Waals surface area (Å²) in [5.41, 5.74) is -0.275. The summed E-state index contributed by atoms with van der Waals surface area (Å²) in [4.78, 5) is 10.7. The van der Waals surface area contributed by atoms with E-state index in [0.717, 1.165) is 44.6 Å². The van der Waals surface area contributed by atoms with E-state index in [0.29, 0.717) is 0 Å². The minimum atomic E-state index is -2.39. The predicted molar refractivity (Wildman–Crippen MR) is 83.8 cm³/mol. The van der Waals surface area contributed by atoms with Crippen LogP contribution in [0.2, 0.25) is 6.04 Å². The van der Waals surface area contributed by atoms with Crippen molar-refractivity contribution in [2.75, 3.05) is 21.3 Å². The van der Waals surface area contributed by atoms with Gasteiger partial charge in [-0.25, -0.2) is 0 Å². The zero-order chi connectivity index (χ0) is 15.4. The standard InChI is InChI=1S/C13H28O5SSi/c1-12(14)18-13(19)10-8-6-5-7-9-11-20(15-2,16-3)17-4/h13,19H,5-11H2,1-4H3. The van der Waals surface area contributed by atoms with Crippen molar-refractivity contribution in [3.8, 4) is 0 Å². The number of esters is 1. The van der Waals surface area contributed by atoms with Gasteiger partial charge < -0.3 is 18.0 Å². The molecule has 0 rings (SSSR count). The number of hydrogen-bond donors (Lipinski definition) is 1. The third kappa shape index (κ3) is 8.96.